The fourth-order valence-corrected chi connectivity index (χ4v) is 2.44. The standard InChI is InChI=1S/C12H21N3O2/c16-11-3-1-4-12(17)15(11)8-2-7-14-9-5-13-6-10-14/h13H,1-10H2. The maximum Gasteiger partial charge on any atom is 0.229 e. The third-order valence-corrected chi connectivity index (χ3v) is 3.45. The molecule has 0 unspecified atom stereocenters. The molecule has 0 spiro atoms. The lowest BCUT2D eigenvalue weighted by Crippen LogP contribution is -2.45. The predicted molar refractivity (Wildman–Crippen MR) is 64.5 cm³/mol. The molecule has 0 aliphatic carbocycles. The zero-order chi connectivity index (χ0) is 12.1. The number of imide groups is 1. The second-order valence-corrected chi connectivity index (χ2v) is 4.74. The fourth-order valence-electron chi connectivity index (χ4n) is 2.44. The zero-order valence-electron chi connectivity index (χ0n) is 10.3. The first-order valence-electron chi connectivity index (χ1n) is 6.53. The second kappa shape index (κ2) is 6.12. The highest BCUT2D eigenvalue weighted by atomic mass is 16.2. The molecule has 96 valence electrons. The zero-order valence-corrected chi connectivity index (χ0v) is 10.3. The molecule has 1 N–H and O–H groups in total. The van der Waals surface area contributed by atoms with Crippen molar-refractivity contribution in [1.82, 2.24) is 15.1 Å². The highest BCUT2D eigenvalue weighted by Crippen LogP contribution is 2.12. The molecule has 0 aromatic carbocycles. The largest absolute Gasteiger partial charge is 0.314 e. The molecular weight excluding hydrogens is 218 g/mol. The van der Waals surface area contributed by atoms with Crippen LogP contribution in [0.25, 0.3) is 0 Å². The van der Waals surface area contributed by atoms with Crippen molar-refractivity contribution >= 4 is 11.8 Å². The number of hydrogen-bond acceptors (Lipinski definition) is 4. The Hall–Kier alpha value is -0.940. The van der Waals surface area contributed by atoms with Gasteiger partial charge >= 0.3 is 0 Å². The molecule has 17 heavy (non-hydrogen) atoms. The van der Waals surface area contributed by atoms with E-state index in [0.29, 0.717) is 19.4 Å². The lowest BCUT2D eigenvalue weighted by Gasteiger charge is -2.29. The Bertz CT molecular complexity index is 271. The van der Waals surface area contributed by atoms with Gasteiger partial charge in [-0.05, 0) is 19.4 Å². The summed E-state index contributed by atoms with van der Waals surface area (Å²) in [6.07, 6.45) is 2.71. The number of hydrogen-bond donors (Lipinski definition) is 1. The summed E-state index contributed by atoms with van der Waals surface area (Å²) in [6, 6.07) is 0. The summed E-state index contributed by atoms with van der Waals surface area (Å²) < 4.78 is 0. The number of piperazine rings is 1. The average Bonchev–Trinajstić information content (AvgIpc) is 2.34. The van der Waals surface area contributed by atoms with Crippen LogP contribution in [0.4, 0.5) is 0 Å². The minimum Gasteiger partial charge on any atom is -0.314 e. The average molecular weight is 239 g/mol. The van der Waals surface area contributed by atoms with Crippen molar-refractivity contribution in [2.24, 2.45) is 0 Å². The van der Waals surface area contributed by atoms with E-state index in [9.17, 15) is 9.59 Å². The van der Waals surface area contributed by atoms with Gasteiger partial charge < -0.3 is 10.2 Å². The molecule has 2 aliphatic rings. The number of carbonyl (C=O) groups is 2. The number of carbonyl (C=O) groups excluding carboxylic acids is 2. The van der Waals surface area contributed by atoms with Gasteiger partial charge in [-0.25, -0.2) is 0 Å². The molecule has 0 aromatic rings. The van der Waals surface area contributed by atoms with Crippen molar-refractivity contribution in [1.29, 1.82) is 0 Å². The number of nitrogens with one attached hydrogen (secondary N) is 1. The first kappa shape index (κ1) is 12.5. The Morgan fingerprint density at radius 1 is 1.00 bits per heavy atom. The molecule has 0 saturated carbocycles. The van der Waals surface area contributed by atoms with E-state index < -0.39 is 0 Å². The molecule has 2 aliphatic heterocycles. The van der Waals surface area contributed by atoms with Gasteiger partial charge in [-0.15, -0.1) is 0 Å². The molecule has 2 fully saturated rings. The van der Waals surface area contributed by atoms with Gasteiger partial charge in [0.25, 0.3) is 0 Å². The number of rotatable bonds is 4. The highest BCUT2D eigenvalue weighted by Gasteiger charge is 2.25. The summed E-state index contributed by atoms with van der Waals surface area (Å²) in [5, 5.41) is 3.31. The van der Waals surface area contributed by atoms with Crippen molar-refractivity contribution in [2.75, 3.05) is 39.3 Å². The lowest BCUT2D eigenvalue weighted by atomic mass is 10.1. The summed E-state index contributed by atoms with van der Waals surface area (Å²) >= 11 is 0. The van der Waals surface area contributed by atoms with E-state index in [4.69, 9.17) is 0 Å². The smallest absolute Gasteiger partial charge is 0.229 e. The topological polar surface area (TPSA) is 52.7 Å². The molecule has 5 nitrogen and oxygen atoms in total. The van der Waals surface area contributed by atoms with Gasteiger partial charge in [0.05, 0.1) is 0 Å². The van der Waals surface area contributed by atoms with Gasteiger partial charge in [0, 0.05) is 45.6 Å². The predicted octanol–water partition coefficient (Wildman–Crippen LogP) is -0.179. The van der Waals surface area contributed by atoms with Gasteiger partial charge in [0.1, 0.15) is 0 Å². The van der Waals surface area contributed by atoms with E-state index in [1.54, 1.807) is 0 Å². The molecule has 2 heterocycles. The van der Waals surface area contributed by atoms with Gasteiger partial charge in [0.2, 0.25) is 11.8 Å². The van der Waals surface area contributed by atoms with Gasteiger partial charge in [-0.3, -0.25) is 14.5 Å². The van der Waals surface area contributed by atoms with Crippen LogP contribution < -0.4 is 5.32 Å². The molecule has 2 saturated heterocycles. The molecule has 0 radical (unpaired) electrons. The maximum absolute atomic E-state index is 11.6. The fraction of sp³-hybridized carbons (Fsp3) is 0.833. The summed E-state index contributed by atoms with van der Waals surface area (Å²) in [6.45, 7) is 5.81. The molecule has 0 bridgehead atoms. The van der Waals surface area contributed by atoms with Crippen LogP contribution >= 0.6 is 0 Å². The summed E-state index contributed by atoms with van der Waals surface area (Å²) in [5.74, 6) is 0.0307. The Morgan fingerprint density at radius 2 is 1.65 bits per heavy atom. The molecule has 0 aromatic heterocycles. The van der Waals surface area contributed by atoms with Crippen LogP contribution in [0.5, 0.6) is 0 Å². The molecular formula is C12H21N3O2. The van der Waals surface area contributed by atoms with Crippen molar-refractivity contribution in [3.8, 4) is 0 Å². The van der Waals surface area contributed by atoms with Crippen LogP contribution in [0.3, 0.4) is 0 Å². The molecule has 5 heteroatoms. The number of piperidine rings is 1. The van der Waals surface area contributed by atoms with E-state index in [1.165, 1.54) is 4.90 Å². The van der Waals surface area contributed by atoms with Crippen LogP contribution in [-0.4, -0.2) is 60.9 Å². The van der Waals surface area contributed by atoms with Crippen molar-refractivity contribution in [3.05, 3.63) is 0 Å². The SMILES string of the molecule is O=C1CCCC(=O)N1CCCN1CCNCC1. The molecule has 2 amide bonds. The Labute approximate surface area is 102 Å². The van der Waals surface area contributed by atoms with Crippen LogP contribution in [0.15, 0.2) is 0 Å². The normalized spacial score (nSPS) is 23.2. The van der Waals surface area contributed by atoms with E-state index in [-0.39, 0.29) is 11.8 Å². The third kappa shape index (κ3) is 3.51. The van der Waals surface area contributed by atoms with Gasteiger partial charge in [-0.2, -0.15) is 0 Å². The first-order chi connectivity index (χ1) is 8.27. The van der Waals surface area contributed by atoms with Crippen molar-refractivity contribution in [2.45, 2.75) is 25.7 Å². The summed E-state index contributed by atoms with van der Waals surface area (Å²) in [5.41, 5.74) is 0. The van der Waals surface area contributed by atoms with E-state index in [1.807, 2.05) is 0 Å². The Kier molecular flexibility index (Phi) is 4.50. The highest BCUT2D eigenvalue weighted by molar-refractivity contribution is 5.97. The lowest BCUT2D eigenvalue weighted by molar-refractivity contribution is -0.148. The van der Waals surface area contributed by atoms with Crippen molar-refractivity contribution < 1.29 is 9.59 Å². The Morgan fingerprint density at radius 3 is 2.29 bits per heavy atom. The van der Waals surface area contributed by atoms with E-state index >= 15 is 0 Å². The number of amides is 2. The third-order valence-electron chi connectivity index (χ3n) is 3.45. The molecule has 2 rings (SSSR count). The van der Waals surface area contributed by atoms with Crippen LogP contribution in [0, 0.1) is 0 Å². The summed E-state index contributed by atoms with van der Waals surface area (Å²) in [7, 11) is 0. The number of likely N-dealkylation sites (tertiary alicyclic amines) is 1. The maximum atomic E-state index is 11.6. The van der Waals surface area contributed by atoms with Gasteiger partial charge in [-0.1, -0.05) is 0 Å². The monoisotopic (exact) mass is 239 g/mol. The quantitative estimate of drug-likeness (QED) is 0.692. The number of nitrogens with zero attached hydrogens (tertiary/aromatic N) is 2. The molecule has 0 atom stereocenters. The minimum absolute atomic E-state index is 0.0153. The second-order valence-electron chi connectivity index (χ2n) is 4.74. The van der Waals surface area contributed by atoms with Gasteiger partial charge in [0.15, 0.2) is 0 Å². The van der Waals surface area contributed by atoms with E-state index in [0.717, 1.165) is 45.6 Å². The van der Waals surface area contributed by atoms with Crippen molar-refractivity contribution in [3.63, 3.8) is 0 Å². The minimum atomic E-state index is 0.0153. The van der Waals surface area contributed by atoms with Crippen LogP contribution in [0.2, 0.25) is 0 Å². The Balaban J connectivity index is 1.69. The van der Waals surface area contributed by atoms with E-state index in [2.05, 4.69) is 10.2 Å². The summed E-state index contributed by atoms with van der Waals surface area (Å²) in [4.78, 5) is 27.0. The van der Waals surface area contributed by atoms with Crippen LogP contribution in [-0.2, 0) is 9.59 Å². The van der Waals surface area contributed by atoms with Crippen LogP contribution in [0.1, 0.15) is 25.7 Å². The first-order valence-corrected chi connectivity index (χ1v) is 6.53.